The maximum Gasteiger partial charge on any atom is 0.228 e. The van der Waals surface area contributed by atoms with Gasteiger partial charge in [0.25, 0.3) is 0 Å². The van der Waals surface area contributed by atoms with E-state index in [4.69, 9.17) is 4.98 Å². The number of hydrogen-bond acceptors (Lipinski definition) is 3. The van der Waals surface area contributed by atoms with Gasteiger partial charge >= 0.3 is 0 Å². The van der Waals surface area contributed by atoms with Gasteiger partial charge in [0.15, 0.2) is 0 Å². The SMILES string of the molecule is Cc1cc(C)n2c(n1)c(Cc1ccc([C@H](CC3CCCC3)C(=O)N[C@@H](CO)c3ccccc3)cc1)c1ccccc12. The lowest BCUT2D eigenvalue weighted by atomic mass is 9.86. The Morgan fingerprint density at radius 2 is 1.66 bits per heavy atom. The Kier molecular flexibility index (Phi) is 7.89. The third kappa shape index (κ3) is 5.64. The van der Waals surface area contributed by atoms with Crippen molar-refractivity contribution in [1.29, 1.82) is 0 Å². The molecule has 0 bridgehead atoms. The predicted molar refractivity (Wildman–Crippen MR) is 165 cm³/mol. The summed E-state index contributed by atoms with van der Waals surface area (Å²) in [6, 6.07) is 28.6. The molecule has 3 aromatic carbocycles. The zero-order valence-corrected chi connectivity index (χ0v) is 24.0. The normalized spacial score (nSPS) is 15.4. The van der Waals surface area contributed by atoms with Crippen LogP contribution in [0.15, 0.2) is 84.9 Å². The minimum absolute atomic E-state index is 0.00729. The van der Waals surface area contributed by atoms with E-state index in [0.29, 0.717) is 5.92 Å². The average Bonchev–Trinajstić information content (AvgIpc) is 3.62. The van der Waals surface area contributed by atoms with Crippen molar-refractivity contribution in [2.75, 3.05) is 6.61 Å². The van der Waals surface area contributed by atoms with Crippen molar-refractivity contribution in [3.8, 4) is 0 Å². The van der Waals surface area contributed by atoms with Crippen molar-refractivity contribution in [2.45, 2.75) is 64.3 Å². The van der Waals surface area contributed by atoms with Crippen molar-refractivity contribution in [3.63, 3.8) is 0 Å². The topological polar surface area (TPSA) is 66.6 Å². The van der Waals surface area contributed by atoms with E-state index in [9.17, 15) is 9.90 Å². The van der Waals surface area contributed by atoms with Gasteiger partial charge < -0.3 is 10.4 Å². The Labute approximate surface area is 242 Å². The second-order valence-corrected chi connectivity index (χ2v) is 11.7. The molecular weight excluding hydrogens is 506 g/mol. The van der Waals surface area contributed by atoms with E-state index in [0.717, 1.165) is 35.3 Å². The van der Waals surface area contributed by atoms with Gasteiger partial charge in [0.2, 0.25) is 5.91 Å². The molecule has 1 saturated carbocycles. The van der Waals surface area contributed by atoms with Crippen LogP contribution in [0.25, 0.3) is 16.6 Å². The van der Waals surface area contributed by atoms with Crippen LogP contribution >= 0.6 is 0 Å². The first kappa shape index (κ1) is 27.2. The van der Waals surface area contributed by atoms with Crippen molar-refractivity contribution in [2.24, 2.45) is 5.92 Å². The fourth-order valence-electron chi connectivity index (χ4n) is 6.75. The minimum Gasteiger partial charge on any atom is -0.394 e. The molecule has 41 heavy (non-hydrogen) atoms. The Balaban J connectivity index is 1.29. The summed E-state index contributed by atoms with van der Waals surface area (Å²) < 4.78 is 2.26. The maximum absolute atomic E-state index is 13.7. The Bertz CT molecular complexity index is 1650. The van der Waals surface area contributed by atoms with Crippen LogP contribution in [-0.4, -0.2) is 27.0 Å². The maximum atomic E-state index is 13.7. The fourth-order valence-corrected chi connectivity index (χ4v) is 6.75. The van der Waals surface area contributed by atoms with E-state index in [1.165, 1.54) is 53.4 Å². The van der Waals surface area contributed by atoms with Crippen LogP contribution in [0.3, 0.4) is 0 Å². The highest BCUT2D eigenvalue weighted by atomic mass is 16.3. The molecule has 0 saturated heterocycles. The summed E-state index contributed by atoms with van der Waals surface area (Å²) in [5.74, 6) is 0.312. The highest BCUT2D eigenvalue weighted by molar-refractivity contribution is 5.91. The number of aryl methyl sites for hydroxylation is 2. The van der Waals surface area contributed by atoms with Crippen molar-refractivity contribution in [3.05, 3.63) is 119 Å². The van der Waals surface area contributed by atoms with Gasteiger partial charge in [0, 0.05) is 28.8 Å². The van der Waals surface area contributed by atoms with Gasteiger partial charge in [-0.05, 0) is 55.0 Å². The van der Waals surface area contributed by atoms with Gasteiger partial charge in [0.05, 0.1) is 24.1 Å². The second kappa shape index (κ2) is 11.9. The summed E-state index contributed by atoms with van der Waals surface area (Å²) in [4.78, 5) is 18.7. The number of amides is 1. The van der Waals surface area contributed by atoms with Crippen molar-refractivity contribution in [1.82, 2.24) is 14.7 Å². The lowest BCUT2D eigenvalue weighted by Gasteiger charge is -2.24. The molecule has 6 rings (SSSR count). The second-order valence-electron chi connectivity index (χ2n) is 11.7. The van der Waals surface area contributed by atoms with Crippen LogP contribution in [-0.2, 0) is 11.2 Å². The molecule has 1 aliphatic carbocycles. The summed E-state index contributed by atoms with van der Waals surface area (Å²) in [6.07, 6.45) is 6.47. The highest BCUT2D eigenvalue weighted by Crippen LogP contribution is 2.35. The first-order valence-electron chi connectivity index (χ1n) is 14.9. The van der Waals surface area contributed by atoms with E-state index < -0.39 is 6.04 Å². The number of rotatable bonds is 9. The molecule has 0 aliphatic heterocycles. The van der Waals surface area contributed by atoms with Gasteiger partial charge in [0.1, 0.15) is 5.65 Å². The summed E-state index contributed by atoms with van der Waals surface area (Å²) in [7, 11) is 0. The third-order valence-electron chi connectivity index (χ3n) is 8.83. The minimum atomic E-state index is -0.412. The molecule has 0 unspecified atom stereocenters. The molecule has 2 atom stereocenters. The summed E-state index contributed by atoms with van der Waals surface area (Å²) in [6.45, 7) is 4.07. The first-order chi connectivity index (χ1) is 20.0. The zero-order valence-electron chi connectivity index (χ0n) is 24.0. The summed E-state index contributed by atoms with van der Waals surface area (Å²) in [5, 5.41) is 14.5. The van der Waals surface area contributed by atoms with E-state index in [2.05, 4.69) is 78.2 Å². The molecule has 1 aliphatic rings. The monoisotopic (exact) mass is 545 g/mol. The number of fused-ring (bicyclic) bond motifs is 3. The van der Waals surface area contributed by atoms with Crippen LogP contribution in [0.5, 0.6) is 0 Å². The van der Waals surface area contributed by atoms with Gasteiger partial charge in [-0.15, -0.1) is 0 Å². The fraction of sp³-hybridized carbons (Fsp3) is 0.333. The van der Waals surface area contributed by atoms with Crippen LogP contribution in [0, 0.1) is 19.8 Å². The quantitative estimate of drug-likeness (QED) is 0.206. The number of hydrogen-bond donors (Lipinski definition) is 2. The molecule has 2 heterocycles. The molecule has 2 N–H and O–H groups in total. The summed E-state index contributed by atoms with van der Waals surface area (Å²) >= 11 is 0. The molecule has 5 nitrogen and oxygen atoms in total. The Morgan fingerprint density at radius 3 is 2.39 bits per heavy atom. The van der Waals surface area contributed by atoms with Crippen LogP contribution < -0.4 is 5.32 Å². The first-order valence-corrected chi connectivity index (χ1v) is 14.9. The Morgan fingerprint density at radius 1 is 0.951 bits per heavy atom. The largest absolute Gasteiger partial charge is 0.394 e. The number of aliphatic hydroxyl groups is 1. The standard InChI is InChI=1S/C36H39N3O2/c1-24-20-25(2)39-34-15-9-8-14-30(34)32(35(39)37-24)22-27-16-18-28(19-17-27)31(21-26-10-6-7-11-26)36(41)38-33(23-40)29-12-4-3-5-13-29/h3-5,8-9,12-20,26,31,33,40H,6-7,10-11,21-23H2,1-2H3,(H,38,41)/t31-,33-/m0/s1. The molecule has 210 valence electrons. The van der Waals surface area contributed by atoms with E-state index in [-0.39, 0.29) is 18.4 Å². The molecule has 2 aromatic heterocycles. The van der Waals surface area contributed by atoms with Crippen molar-refractivity contribution >= 4 is 22.5 Å². The average molecular weight is 546 g/mol. The molecule has 5 aromatic rings. The van der Waals surface area contributed by atoms with Crippen molar-refractivity contribution < 1.29 is 9.90 Å². The van der Waals surface area contributed by atoms with Gasteiger partial charge in [-0.1, -0.05) is 98.5 Å². The van der Waals surface area contributed by atoms with E-state index >= 15 is 0 Å². The highest BCUT2D eigenvalue weighted by Gasteiger charge is 2.28. The zero-order chi connectivity index (χ0) is 28.3. The number of aromatic nitrogens is 2. The summed E-state index contributed by atoms with van der Waals surface area (Å²) in [5.41, 5.74) is 8.80. The number of carbonyl (C=O) groups is 1. The number of nitrogens with zero attached hydrogens (tertiary/aromatic N) is 2. The van der Waals surface area contributed by atoms with Crippen LogP contribution in [0.4, 0.5) is 0 Å². The van der Waals surface area contributed by atoms with Crippen LogP contribution in [0.2, 0.25) is 0 Å². The lowest BCUT2D eigenvalue weighted by Crippen LogP contribution is -2.35. The Hall–Kier alpha value is -3.96. The molecule has 1 fully saturated rings. The predicted octanol–water partition coefficient (Wildman–Crippen LogP) is 7.21. The number of carbonyl (C=O) groups excluding carboxylic acids is 1. The molecule has 0 spiro atoms. The number of aliphatic hydroxyl groups excluding tert-OH is 1. The van der Waals surface area contributed by atoms with Gasteiger partial charge in [-0.3, -0.25) is 9.20 Å². The number of benzene rings is 3. The molecule has 5 heteroatoms. The van der Waals surface area contributed by atoms with Gasteiger partial charge in [-0.25, -0.2) is 4.98 Å². The molecule has 0 radical (unpaired) electrons. The molecule has 1 amide bonds. The van der Waals surface area contributed by atoms with Gasteiger partial charge in [-0.2, -0.15) is 0 Å². The van der Waals surface area contributed by atoms with Crippen LogP contribution in [0.1, 0.15) is 77.7 Å². The lowest BCUT2D eigenvalue weighted by molar-refractivity contribution is -0.124. The molecular formula is C36H39N3O2. The van der Waals surface area contributed by atoms with E-state index in [1.807, 2.05) is 30.3 Å². The number of nitrogens with one attached hydrogen (secondary N) is 1. The van der Waals surface area contributed by atoms with E-state index in [1.54, 1.807) is 0 Å². The smallest absolute Gasteiger partial charge is 0.228 e. The number of para-hydroxylation sites is 1. The third-order valence-corrected chi connectivity index (χ3v) is 8.83.